The van der Waals surface area contributed by atoms with Gasteiger partial charge < -0.3 is 54.7 Å². The molecular weight excluding hydrogens is 684 g/mol. The van der Waals surface area contributed by atoms with E-state index in [1.54, 1.807) is 0 Å². The molecule has 0 saturated carbocycles. The van der Waals surface area contributed by atoms with Crippen LogP contribution in [0, 0.1) is 11.8 Å². The lowest BCUT2D eigenvalue weighted by Crippen LogP contribution is -2.56. The van der Waals surface area contributed by atoms with Crippen molar-refractivity contribution in [2.45, 2.75) is 203 Å². The molecule has 0 aromatic carbocycles. The highest BCUT2D eigenvalue weighted by molar-refractivity contribution is 5.82. The van der Waals surface area contributed by atoms with Gasteiger partial charge in [0.1, 0.15) is 35.3 Å². The number of carbonyl (C=O) groups is 1. The maximum absolute atomic E-state index is 13.4. The van der Waals surface area contributed by atoms with Crippen LogP contribution in [0.15, 0.2) is 35.6 Å². The summed E-state index contributed by atoms with van der Waals surface area (Å²) >= 11 is 0. The maximum atomic E-state index is 13.4. The van der Waals surface area contributed by atoms with Gasteiger partial charge in [-0.3, -0.25) is 0 Å². The summed E-state index contributed by atoms with van der Waals surface area (Å²) in [6.45, 7) is 12.1. The van der Waals surface area contributed by atoms with Crippen molar-refractivity contribution in [3.8, 4) is 0 Å². The van der Waals surface area contributed by atoms with Crippen molar-refractivity contribution in [2.75, 3.05) is 0 Å². The van der Waals surface area contributed by atoms with Gasteiger partial charge in [0.05, 0.1) is 36.1 Å². The summed E-state index contributed by atoms with van der Waals surface area (Å²) in [4.78, 5) is 13.4. The first-order valence-corrected chi connectivity index (χ1v) is 19.9. The molecule has 7 N–H and O–H groups in total. The van der Waals surface area contributed by atoms with E-state index in [0.29, 0.717) is 38.5 Å². The van der Waals surface area contributed by atoms with Crippen LogP contribution in [0.3, 0.4) is 0 Å². The molecule has 0 aromatic heterocycles. The monoisotopic (exact) mass is 752 g/mol. The van der Waals surface area contributed by atoms with E-state index in [9.17, 15) is 40.5 Å². The van der Waals surface area contributed by atoms with E-state index in [0.717, 1.165) is 55.6 Å². The van der Waals surface area contributed by atoms with Crippen LogP contribution in [0.1, 0.15) is 132 Å². The fourth-order valence-electron chi connectivity index (χ4n) is 8.34. The molecule has 0 amide bonds. The van der Waals surface area contributed by atoms with Gasteiger partial charge in [-0.25, -0.2) is 4.79 Å². The van der Waals surface area contributed by atoms with Gasteiger partial charge in [-0.1, -0.05) is 45.8 Å². The second-order valence-electron chi connectivity index (χ2n) is 17.4. The zero-order chi connectivity index (χ0) is 39.4. The first kappa shape index (κ1) is 43.9. The minimum Gasteiger partial charge on any atom is -0.491 e. The molecule has 1 spiro atoms. The topological polar surface area (TPSA) is 196 Å². The third-order valence-corrected chi connectivity index (χ3v) is 11.9. The Hall–Kier alpha value is -1.87. The Morgan fingerprint density at radius 2 is 1.58 bits per heavy atom. The number of fused-ring (bicyclic) bond motifs is 2. The van der Waals surface area contributed by atoms with E-state index in [1.807, 2.05) is 27.7 Å². The molecule has 12 heteroatoms. The summed E-state index contributed by atoms with van der Waals surface area (Å²) < 4.78 is 26.1. The van der Waals surface area contributed by atoms with E-state index in [2.05, 4.69) is 12.2 Å². The summed E-state index contributed by atoms with van der Waals surface area (Å²) in [5.41, 5.74) is -3.12. The van der Waals surface area contributed by atoms with Gasteiger partial charge in [0.2, 0.25) is 0 Å². The van der Waals surface area contributed by atoms with Crippen LogP contribution in [-0.2, 0) is 23.7 Å². The summed E-state index contributed by atoms with van der Waals surface area (Å²) in [6, 6.07) is 0. The lowest BCUT2D eigenvalue weighted by Gasteiger charge is -2.50. The molecule has 4 aliphatic rings. The SMILES string of the molecule is CCC(O)CC1CCCC2(CC3OC(=O)/C=C/C(C)(O)C(O)C(C)C(O)C(O)C(O)C(C)(O)CCCCC/C=C/C4=C(CC(O2)C3C)OC(C)(C)C4)O1. The van der Waals surface area contributed by atoms with Gasteiger partial charge in [0.15, 0.2) is 5.79 Å². The standard InChI is InChI=1S/C41H68O12/c1-8-28(42)21-29-16-14-19-41(51-29)24-32-25(2)30(53-41)22-31-27(23-38(4,5)52-31)15-12-10-9-11-13-18-39(6,48)37(47)35(45)34(44)26(3)36(46)40(7,49)20-17-33(43)50-32/h12,15,17,20,25-26,28-30,32,34-37,42,44-49H,8-11,13-14,16,18-19,21-24H2,1-7H3/b15-12+,20-17+. The van der Waals surface area contributed by atoms with Crippen LogP contribution in [-0.4, -0.2) is 113 Å². The molecule has 13 atom stereocenters. The molecule has 2 fully saturated rings. The Balaban J connectivity index is 1.66. The summed E-state index contributed by atoms with van der Waals surface area (Å²) in [5, 5.41) is 76.4. The molecule has 13 unspecified atom stereocenters. The Morgan fingerprint density at radius 3 is 2.28 bits per heavy atom. The van der Waals surface area contributed by atoms with Crippen molar-refractivity contribution in [3.63, 3.8) is 0 Å². The van der Waals surface area contributed by atoms with E-state index < -0.39 is 77.2 Å². The molecule has 4 heterocycles. The van der Waals surface area contributed by atoms with Crippen LogP contribution in [0.2, 0.25) is 0 Å². The predicted molar refractivity (Wildman–Crippen MR) is 198 cm³/mol. The molecule has 0 aliphatic carbocycles. The average Bonchev–Trinajstić information content (AvgIpc) is 3.38. The van der Waals surface area contributed by atoms with Crippen molar-refractivity contribution in [3.05, 3.63) is 35.6 Å². The highest BCUT2D eigenvalue weighted by Crippen LogP contribution is 2.46. The fraction of sp³-hybridized carbons (Fsp3) is 0.829. The molecule has 0 aromatic rings. The average molecular weight is 753 g/mol. The number of aliphatic hydroxyl groups excluding tert-OH is 5. The van der Waals surface area contributed by atoms with Crippen molar-refractivity contribution in [1.29, 1.82) is 0 Å². The summed E-state index contributed by atoms with van der Waals surface area (Å²) in [5.74, 6) is -2.43. The molecule has 4 rings (SSSR count). The van der Waals surface area contributed by atoms with Crippen molar-refractivity contribution < 1.29 is 59.5 Å². The number of aliphatic hydroxyl groups is 7. The number of ether oxygens (including phenoxy) is 4. The Kier molecular flexibility index (Phi) is 14.8. The van der Waals surface area contributed by atoms with Crippen LogP contribution >= 0.6 is 0 Å². The van der Waals surface area contributed by atoms with Gasteiger partial charge in [-0.05, 0) is 84.3 Å². The van der Waals surface area contributed by atoms with Gasteiger partial charge in [-0.2, -0.15) is 0 Å². The van der Waals surface area contributed by atoms with E-state index in [1.165, 1.54) is 20.8 Å². The second kappa shape index (κ2) is 17.9. The Labute approximate surface area is 315 Å². The number of carbonyl (C=O) groups excluding carboxylic acids is 1. The van der Waals surface area contributed by atoms with E-state index >= 15 is 0 Å². The zero-order valence-corrected chi connectivity index (χ0v) is 32.9. The van der Waals surface area contributed by atoms with Gasteiger partial charge in [0, 0.05) is 43.6 Å². The summed E-state index contributed by atoms with van der Waals surface area (Å²) in [7, 11) is 0. The molecule has 2 bridgehead atoms. The highest BCUT2D eigenvalue weighted by Gasteiger charge is 2.51. The third-order valence-electron chi connectivity index (χ3n) is 11.9. The number of hydrogen-bond acceptors (Lipinski definition) is 12. The van der Waals surface area contributed by atoms with Gasteiger partial charge in [-0.15, -0.1) is 0 Å². The Bertz CT molecular complexity index is 1310. The molecule has 304 valence electrons. The lowest BCUT2D eigenvalue weighted by molar-refractivity contribution is -0.340. The molecule has 53 heavy (non-hydrogen) atoms. The second-order valence-corrected chi connectivity index (χ2v) is 17.4. The number of allylic oxidation sites excluding steroid dienone is 2. The number of esters is 1. The van der Waals surface area contributed by atoms with Crippen molar-refractivity contribution >= 4 is 5.97 Å². The normalized spacial score (nSPS) is 44.3. The third kappa shape index (κ3) is 11.4. The molecular formula is C41H68O12. The quantitative estimate of drug-likeness (QED) is 0.203. The lowest BCUT2D eigenvalue weighted by atomic mass is 9.80. The summed E-state index contributed by atoms with van der Waals surface area (Å²) in [6.07, 6.45) is 5.43. The molecule has 2 saturated heterocycles. The number of hydrogen-bond donors (Lipinski definition) is 7. The first-order valence-electron chi connectivity index (χ1n) is 19.9. The minimum absolute atomic E-state index is 0.171. The van der Waals surface area contributed by atoms with Gasteiger partial charge >= 0.3 is 5.97 Å². The van der Waals surface area contributed by atoms with Crippen LogP contribution in [0.5, 0.6) is 0 Å². The van der Waals surface area contributed by atoms with E-state index in [-0.39, 0.29) is 24.9 Å². The van der Waals surface area contributed by atoms with Crippen LogP contribution in [0.25, 0.3) is 0 Å². The van der Waals surface area contributed by atoms with E-state index in [4.69, 9.17) is 18.9 Å². The maximum Gasteiger partial charge on any atom is 0.330 e. The van der Waals surface area contributed by atoms with Crippen LogP contribution in [0.4, 0.5) is 0 Å². The fourth-order valence-corrected chi connectivity index (χ4v) is 8.34. The molecule has 4 aliphatic heterocycles. The Morgan fingerprint density at radius 1 is 0.868 bits per heavy atom. The zero-order valence-electron chi connectivity index (χ0n) is 32.9. The largest absolute Gasteiger partial charge is 0.491 e. The highest BCUT2D eigenvalue weighted by atomic mass is 16.7. The predicted octanol–water partition coefficient (Wildman–Crippen LogP) is 4.25. The first-order chi connectivity index (χ1) is 24.7. The number of rotatable bonds is 3. The molecule has 12 nitrogen and oxygen atoms in total. The van der Waals surface area contributed by atoms with Crippen molar-refractivity contribution in [2.24, 2.45) is 11.8 Å². The van der Waals surface area contributed by atoms with Crippen LogP contribution < -0.4 is 0 Å². The smallest absolute Gasteiger partial charge is 0.330 e. The van der Waals surface area contributed by atoms with Crippen molar-refractivity contribution in [1.82, 2.24) is 0 Å². The van der Waals surface area contributed by atoms with Gasteiger partial charge in [0.25, 0.3) is 0 Å². The molecule has 0 radical (unpaired) electrons. The minimum atomic E-state index is -2.05.